The van der Waals surface area contributed by atoms with Gasteiger partial charge in [-0.05, 0) is 31.7 Å². The maximum Gasteiger partial charge on any atom is 0.233 e. The van der Waals surface area contributed by atoms with Gasteiger partial charge in [-0.25, -0.2) is 0 Å². The molecule has 2 rings (SSSR count). The van der Waals surface area contributed by atoms with Gasteiger partial charge in [-0.15, -0.1) is 5.10 Å². The van der Waals surface area contributed by atoms with E-state index in [-0.39, 0.29) is 0 Å². The van der Waals surface area contributed by atoms with E-state index in [2.05, 4.69) is 10.2 Å². The molecule has 4 nitrogen and oxygen atoms in total. The lowest BCUT2D eigenvalue weighted by atomic mass is 9.98. The average molecular weight is 207 g/mol. The Bertz CT molecular complexity index is 293. The first kappa shape index (κ1) is 10.4. The lowest BCUT2D eigenvalue weighted by Crippen LogP contribution is -2.20. The summed E-state index contributed by atoms with van der Waals surface area (Å²) < 4.78 is 5.74. The molecule has 0 radical (unpaired) electrons. The number of hydrogen-bond acceptors (Lipinski definition) is 4. The van der Waals surface area contributed by atoms with Gasteiger partial charge >= 0.3 is 0 Å². The van der Waals surface area contributed by atoms with Crippen LogP contribution in [0.1, 0.15) is 37.8 Å². The molecule has 0 aliphatic heterocycles. The molecule has 0 spiro atoms. The van der Waals surface area contributed by atoms with Gasteiger partial charge in [0.1, 0.15) is 6.10 Å². The average Bonchev–Trinajstić information content (AvgIpc) is 2.31. The SMILES string of the molecule is NCc1ccc(OC2CCCCC2)nn1. The highest BCUT2D eigenvalue weighted by Gasteiger charge is 2.15. The van der Waals surface area contributed by atoms with Crippen molar-refractivity contribution in [1.82, 2.24) is 10.2 Å². The van der Waals surface area contributed by atoms with Crippen LogP contribution in [-0.2, 0) is 6.54 Å². The number of nitrogens with zero attached hydrogens (tertiary/aromatic N) is 2. The van der Waals surface area contributed by atoms with Gasteiger partial charge in [0.25, 0.3) is 0 Å². The van der Waals surface area contributed by atoms with Gasteiger partial charge in [0.2, 0.25) is 5.88 Å². The molecule has 1 aliphatic rings. The van der Waals surface area contributed by atoms with Crippen molar-refractivity contribution < 1.29 is 4.74 Å². The van der Waals surface area contributed by atoms with Gasteiger partial charge in [-0.1, -0.05) is 6.42 Å². The molecule has 0 amide bonds. The van der Waals surface area contributed by atoms with E-state index in [1.165, 1.54) is 19.3 Å². The van der Waals surface area contributed by atoms with Crippen molar-refractivity contribution in [2.24, 2.45) is 5.73 Å². The highest BCUT2D eigenvalue weighted by atomic mass is 16.5. The Morgan fingerprint density at radius 1 is 1.20 bits per heavy atom. The minimum Gasteiger partial charge on any atom is -0.473 e. The topological polar surface area (TPSA) is 61.0 Å². The summed E-state index contributed by atoms with van der Waals surface area (Å²) in [5, 5.41) is 7.95. The highest BCUT2D eigenvalue weighted by Crippen LogP contribution is 2.21. The summed E-state index contributed by atoms with van der Waals surface area (Å²) >= 11 is 0. The molecule has 4 heteroatoms. The van der Waals surface area contributed by atoms with E-state index in [9.17, 15) is 0 Å². The molecule has 82 valence electrons. The minimum absolute atomic E-state index is 0.330. The predicted octanol–water partition coefficient (Wildman–Crippen LogP) is 1.65. The van der Waals surface area contributed by atoms with Gasteiger partial charge in [-0.3, -0.25) is 0 Å². The first-order chi connectivity index (χ1) is 7.38. The van der Waals surface area contributed by atoms with Crippen molar-refractivity contribution in [2.75, 3.05) is 0 Å². The molecule has 1 aromatic rings. The predicted molar refractivity (Wildman–Crippen MR) is 57.4 cm³/mol. The van der Waals surface area contributed by atoms with E-state index < -0.39 is 0 Å². The van der Waals surface area contributed by atoms with E-state index >= 15 is 0 Å². The molecule has 0 aromatic carbocycles. The van der Waals surface area contributed by atoms with Crippen LogP contribution in [0.4, 0.5) is 0 Å². The maximum absolute atomic E-state index is 5.74. The molecule has 0 saturated heterocycles. The third-order valence-corrected chi connectivity index (χ3v) is 2.74. The lowest BCUT2D eigenvalue weighted by molar-refractivity contribution is 0.147. The minimum atomic E-state index is 0.330. The monoisotopic (exact) mass is 207 g/mol. The Morgan fingerprint density at radius 2 is 2.00 bits per heavy atom. The Balaban J connectivity index is 1.91. The number of nitrogens with two attached hydrogens (primary N) is 1. The second-order valence-corrected chi connectivity index (χ2v) is 3.94. The lowest BCUT2D eigenvalue weighted by Gasteiger charge is -2.21. The van der Waals surface area contributed by atoms with Crippen LogP contribution in [0.15, 0.2) is 12.1 Å². The van der Waals surface area contributed by atoms with Crippen LogP contribution in [0, 0.1) is 0 Å². The molecule has 1 fully saturated rings. The fourth-order valence-corrected chi connectivity index (χ4v) is 1.87. The molecular weight excluding hydrogens is 190 g/mol. The van der Waals surface area contributed by atoms with E-state index in [4.69, 9.17) is 10.5 Å². The van der Waals surface area contributed by atoms with E-state index in [0.29, 0.717) is 18.5 Å². The zero-order valence-corrected chi connectivity index (χ0v) is 8.85. The summed E-state index contributed by atoms with van der Waals surface area (Å²) in [4.78, 5) is 0. The van der Waals surface area contributed by atoms with Crippen LogP contribution in [0.2, 0.25) is 0 Å². The van der Waals surface area contributed by atoms with E-state index in [1.807, 2.05) is 12.1 Å². The van der Waals surface area contributed by atoms with Gasteiger partial charge in [-0.2, -0.15) is 5.10 Å². The Hall–Kier alpha value is -1.16. The smallest absolute Gasteiger partial charge is 0.233 e. The summed E-state index contributed by atoms with van der Waals surface area (Å²) in [6.45, 7) is 0.427. The van der Waals surface area contributed by atoms with Crippen LogP contribution in [0.5, 0.6) is 5.88 Å². The standard InChI is InChI=1S/C11H17N3O/c12-8-9-6-7-11(14-13-9)15-10-4-2-1-3-5-10/h6-7,10H,1-5,8,12H2. The second-order valence-electron chi connectivity index (χ2n) is 3.94. The number of ether oxygens (including phenoxy) is 1. The Labute approximate surface area is 89.8 Å². The van der Waals surface area contributed by atoms with E-state index in [0.717, 1.165) is 18.5 Å². The molecule has 1 saturated carbocycles. The molecule has 1 aliphatic carbocycles. The van der Waals surface area contributed by atoms with E-state index in [1.54, 1.807) is 0 Å². The summed E-state index contributed by atoms with van der Waals surface area (Å²) in [5.74, 6) is 0.624. The van der Waals surface area contributed by atoms with Gasteiger partial charge < -0.3 is 10.5 Å². The first-order valence-electron chi connectivity index (χ1n) is 5.58. The summed E-state index contributed by atoms with van der Waals surface area (Å²) in [5.41, 5.74) is 6.24. The van der Waals surface area contributed by atoms with Gasteiger partial charge in [0, 0.05) is 12.6 Å². The fourth-order valence-electron chi connectivity index (χ4n) is 1.87. The van der Waals surface area contributed by atoms with Crippen molar-refractivity contribution >= 4 is 0 Å². The van der Waals surface area contributed by atoms with Crippen molar-refractivity contribution in [3.05, 3.63) is 17.8 Å². The largest absolute Gasteiger partial charge is 0.473 e. The molecular formula is C11H17N3O. The van der Waals surface area contributed by atoms with Crippen LogP contribution < -0.4 is 10.5 Å². The fraction of sp³-hybridized carbons (Fsp3) is 0.636. The quantitative estimate of drug-likeness (QED) is 0.818. The summed E-state index contributed by atoms with van der Waals surface area (Å²) in [6, 6.07) is 3.72. The third-order valence-electron chi connectivity index (χ3n) is 2.74. The second kappa shape index (κ2) is 5.07. The number of hydrogen-bond donors (Lipinski definition) is 1. The molecule has 0 unspecified atom stereocenters. The van der Waals surface area contributed by atoms with Crippen LogP contribution in [0.3, 0.4) is 0 Å². The van der Waals surface area contributed by atoms with Crippen molar-refractivity contribution in [3.63, 3.8) is 0 Å². The van der Waals surface area contributed by atoms with Crippen LogP contribution in [0.25, 0.3) is 0 Å². The third kappa shape index (κ3) is 2.89. The number of aromatic nitrogens is 2. The summed E-state index contributed by atoms with van der Waals surface area (Å²) in [6.07, 6.45) is 6.47. The van der Waals surface area contributed by atoms with Crippen molar-refractivity contribution in [1.29, 1.82) is 0 Å². The normalized spacial score (nSPS) is 17.7. The first-order valence-corrected chi connectivity index (χ1v) is 5.58. The van der Waals surface area contributed by atoms with Crippen LogP contribution >= 0.6 is 0 Å². The molecule has 2 N–H and O–H groups in total. The molecule has 15 heavy (non-hydrogen) atoms. The highest BCUT2D eigenvalue weighted by molar-refractivity contribution is 5.11. The van der Waals surface area contributed by atoms with Crippen molar-refractivity contribution in [2.45, 2.75) is 44.8 Å². The zero-order valence-electron chi connectivity index (χ0n) is 8.85. The Morgan fingerprint density at radius 3 is 2.60 bits per heavy atom. The summed E-state index contributed by atoms with van der Waals surface area (Å²) in [7, 11) is 0. The molecule has 0 atom stereocenters. The Kier molecular flexibility index (Phi) is 3.50. The van der Waals surface area contributed by atoms with Gasteiger partial charge in [0.05, 0.1) is 5.69 Å². The van der Waals surface area contributed by atoms with Crippen molar-refractivity contribution in [3.8, 4) is 5.88 Å². The molecule has 1 heterocycles. The van der Waals surface area contributed by atoms with Crippen LogP contribution in [-0.4, -0.2) is 16.3 Å². The zero-order chi connectivity index (χ0) is 10.5. The van der Waals surface area contributed by atoms with Gasteiger partial charge in [0.15, 0.2) is 0 Å². The molecule has 0 bridgehead atoms. The molecule has 1 aromatic heterocycles. The maximum atomic E-state index is 5.74. The number of rotatable bonds is 3.